The second kappa shape index (κ2) is 21.1. The van der Waals surface area contributed by atoms with E-state index in [1.807, 2.05) is 37.3 Å². The molecule has 0 aliphatic rings. The molecular weight excluding hydrogens is 613 g/mol. The van der Waals surface area contributed by atoms with Crippen LogP contribution in [0.2, 0.25) is 0 Å². The van der Waals surface area contributed by atoms with Gasteiger partial charge in [-0.1, -0.05) is 119 Å². The third-order valence-electron chi connectivity index (χ3n) is 6.87. The lowest BCUT2D eigenvalue weighted by molar-refractivity contribution is -0.142. The maximum atomic E-state index is 12.4. The number of nitrogens with zero attached hydrogens (tertiary/aromatic N) is 4. The van der Waals surface area contributed by atoms with Gasteiger partial charge in [0.15, 0.2) is 0 Å². The van der Waals surface area contributed by atoms with Crippen LogP contribution < -0.4 is 0 Å². The van der Waals surface area contributed by atoms with E-state index >= 15 is 0 Å². The molecular formula is C33H44N4O4S3. The first-order chi connectivity index (χ1) is 21.5. The molecule has 0 fully saturated rings. The average molecular weight is 657 g/mol. The van der Waals surface area contributed by atoms with E-state index in [1.54, 1.807) is 36.0 Å². The van der Waals surface area contributed by atoms with Crippen LogP contribution in [0.25, 0.3) is 17.1 Å². The SMILES string of the molecule is CCCCCCCCCCCCSC(=S)SC(C)C(=O)OCCCOC(=O)c1ccc(-c2nnn(-c3ccccc3)n2)cc1. The van der Waals surface area contributed by atoms with Crippen LogP contribution >= 0.6 is 35.7 Å². The summed E-state index contributed by atoms with van der Waals surface area (Å²) < 4.78 is 11.5. The van der Waals surface area contributed by atoms with Gasteiger partial charge in [0.25, 0.3) is 0 Å². The molecule has 0 bridgehead atoms. The van der Waals surface area contributed by atoms with E-state index < -0.39 is 5.97 Å². The fourth-order valence-electron chi connectivity index (χ4n) is 4.32. The van der Waals surface area contributed by atoms with Crippen LogP contribution in [-0.2, 0) is 14.3 Å². The molecule has 0 aliphatic heterocycles. The highest BCUT2D eigenvalue weighted by molar-refractivity contribution is 8.47. The Kier molecular flexibility index (Phi) is 17.1. The fraction of sp³-hybridized carbons (Fsp3) is 0.515. The third kappa shape index (κ3) is 13.5. The molecule has 0 amide bonds. The number of thioether (sulfide) groups is 2. The molecule has 0 radical (unpaired) electrons. The lowest BCUT2D eigenvalue weighted by Crippen LogP contribution is -2.19. The van der Waals surface area contributed by atoms with E-state index in [-0.39, 0.29) is 24.4 Å². The van der Waals surface area contributed by atoms with Crippen molar-refractivity contribution >= 4 is 51.2 Å². The van der Waals surface area contributed by atoms with Gasteiger partial charge in [-0.15, -0.1) is 26.8 Å². The Bertz CT molecular complexity index is 1270. The van der Waals surface area contributed by atoms with Crippen molar-refractivity contribution in [1.29, 1.82) is 0 Å². The molecule has 44 heavy (non-hydrogen) atoms. The number of carbonyl (C=O) groups is 2. The quantitative estimate of drug-likeness (QED) is 0.0669. The summed E-state index contributed by atoms with van der Waals surface area (Å²) in [4.78, 5) is 26.2. The maximum absolute atomic E-state index is 12.4. The van der Waals surface area contributed by atoms with Crippen molar-refractivity contribution < 1.29 is 19.1 Å². The van der Waals surface area contributed by atoms with Crippen LogP contribution in [0, 0.1) is 0 Å². The number of hydrogen-bond donors (Lipinski definition) is 0. The predicted molar refractivity (Wildman–Crippen MR) is 184 cm³/mol. The standard InChI is InChI=1S/C33H44N4O4S3/c1-3-4-5-6-7-8-9-10-11-15-25-43-33(42)44-26(2)31(38)40-23-16-24-41-32(39)28-21-19-27(20-22-28)30-34-36-37(35-30)29-17-13-12-14-18-29/h12-14,17-22,26H,3-11,15-16,23-25H2,1-2H3. The predicted octanol–water partition coefficient (Wildman–Crippen LogP) is 8.48. The summed E-state index contributed by atoms with van der Waals surface area (Å²) in [7, 11) is 0. The van der Waals surface area contributed by atoms with E-state index in [2.05, 4.69) is 22.3 Å². The molecule has 1 aromatic heterocycles. The molecule has 3 rings (SSSR count). The van der Waals surface area contributed by atoms with E-state index in [9.17, 15) is 9.59 Å². The number of thiocarbonyl (C=S) groups is 1. The molecule has 0 spiro atoms. The molecule has 3 aromatic rings. The monoisotopic (exact) mass is 656 g/mol. The molecule has 2 aromatic carbocycles. The van der Waals surface area contributed by atoms with Gasteiger partial charge in [-0.25, -0.2) is 4.79 Å². The summed E-state index contributed by atoms with van der Waals surface area (Å²) in [6, 6.07) is 16.3. The summed E-state index contributed by atoms with van der Waals surface area (Å²) >= 11 is 8.48. The van der Waals surface area contributed by atoms with Crippen LogP contribution in [0.15, 0.2) is 54.6 Å². The first kappa shape index (κ1) is 35.7. The highest BCUT2D eigenvalue weighted by Gasteiger charge is 2.18. The zero-order valence-corrected chi connectivity index (χ0v) is 28.3. The number of esters is 2. The molecule has 1 atom stereocenters. The van der Waals surface area contributed by atoms with Gasteiger partial charge in [-0.2, -0.15) is 0 Å². The smallest absolute Gasteiger partial charge is 0.338 e. The number of tetrazole rings is 1. The number of ether oxygens (including phenoxy) is 2. The lowest BCUT2D eigenvalue weighted by Gasteiger charge is -2.12. The second-order valence-electron chi connectivity index (χ2n) is 10.5. The van der Waals surface area contributed by atoms with Crippen LogP contribution in [0.5, 0.6) is 0 Å². The van der Waals surface area contributed by atoms with E-state index in [4.69, 9.17) is 21.7 Å². The van der Waals surface area contributed by atoms with E-state index in [0.717, 1.165) is 27.0 Å². The highest BCUT2D eigenvalue weighted by atomic mass is 32.2. The van der Waals surface area contributed by atoms with Crippen molar-refractivity contribution in [3.05, 3.63) is 60.2 Å². The summed E-state index contributed by atoms with van der Waals surface area (Å²) in [5, 5.41) is 12.2. The van der Waals surface area contributed by atoms with Gasteiger partial charge in [-0.3, -0.25) is 4.79 Å². The van der Waals surface area contributed by atoms with Crippen molar-refractivity contribution in [2.75, 3.05) is 19.0 Å². The Morgan fingerprint density at radius 3 is 2.16 bits per heavy atom. The number of carbonyl (C=O) groups excluding carboxylic acids is 2. The highest BCUT2D eigenvalue weighted by Crippen LogP contribution is 2.24. The minimum atomic E-state index is -0.447. The minimum absolute atomic E-state index is 0.148. The van der Waals surface area contributed by atoms with E-state index in [0.29, 0.717) is 17.8 Å². The van der Waals surface area contributed by atoms with Crippen LogP contribution in [0.3, 0.4) is 0 Å². The third-order valence-corrected chi connectivity index (χ3v) is 9.62. The molecule has 11 heteroatoms. The van der Waals surface area contributed by atoms with Gasteiger partial charge < -0.3 is 9.47 Å². The summed E-state index contributed by atoms with van der Waals surface area (Å²) in [6.45, 7) is 4.39. The van der Waals surface area contributed by atoms with Gasteiger partial charge in [0.05, 0.1) is 24.5 Å². The van der Waals surface area contributed by atoms with Gasteiger partial charge >= 0.3 is 11.9 Å². The fourth-order valence-corrected chi connectivity index (χ4v) is 6.93. The zero-order valence-electron chi connectivity index (χ0n) is 25.8. The number of hydrogen-bond acceptors (Lipinski definition) is 10. The Hall–Kier alpha value is -2.76. The van der Waals surface area contributed by atoms with Crippen LogP contribution in [-0.4, -0.2) is 59.9 Å². The molecule has 1 unspecified atom stereocenters. The largest absolute Gasteiger partial charge is 0.465 e. The van der Waals surface area contributed by atoms with Crippen molar-refractivity contribution in [2.45, 2.75) is 89.7 Å². The molecule has 0 saturated heterocycles. The Morgan fingerprint density at radius 1 is 0.841 bits per heavy atom. The zero-order chi connectivity index (χ0) is 31.4. The van der Waals surface area contributed by atoms with Gasteiger partial charge in [0, 0.05) is 12.0 Å². The summed E-state index contributed by atoms with van der Waals surface area (Å²) in [5.41, 5.74) is 1.96. The number of rotatable bonds is 20. The summed E-state index contributed by atoms with van der Waals surface area (Å²) in [6.07, 6.45) is 13.5. The van der Waals surface area contributed by atoms with Crippen molar-refractivity contribution in [3.8, 4) is 17.1 Å². The maximum Gasteiger partial charge on any atom is 0.338 e. The second-order valence-corrected chi connectivity index (χ2v) is 14.2. The first-order valence-electron chi connectivity index (χ1n) is 15.6. The van der Waals surface area contributed by atoms with Crippen molar-refractivity contribution in [3.63, 3.8) is 0 Å². The van der Waals surface area contributed by atoms with E-state index in [1.165, 1.54) is 74.3 Å². The first-order valence-corrected chi connectivity index (χ1v) is 17.9. The van der Waals surface area contributed by atoms with Gasteiger partial charge in [-0.05, 0) is 48.6 Å². The molecule has 8 nitrogen and oxygen atoms in total. The molecule has 0 N–H and O–H groups in total. The lowest BCUT2D eigenvalue weighted by atomic mass is 10.1. The minimum Gasteiger partial charge on any atom is -0.465 e. The van der Waals surface area contributed by atoms with Gasteiger partial charge in [0.2, 0.25) is 5.82 Å². The summed E-state index contributed by atoms with van der Waals surface area (Å²) in [5.74, 6) is 0.691. The molecule has 0 aliphatic carbocycles. The topological polar surface area (TPSA) is 96.2 Å². The number of aromatic nitrogens is 4. The van der Waals surface area contributed by atoms with Crippen LogP contribution in [0.4, 0.5) is 0 Å². The number of para-hydroxylation sites is 1. The normalized spacial score (nSPS) is 11.7. The van der Waals surface area contributed by atoms with Crippen molar-refractivity contribution in [2.24, 2.45) is 0 Å². The van der Waals surface area contributed by atoms with Crippen molar-refractivity contribution in [1.82, 2.24) is 20.2 Å². The van der Waals surface area contributed by atoms with Crippen LogP contribution in [0.1, 0.15) is 94.8 Å². The molecule has 0 saturated carbocycles. The number of unbranched alkanes of at least 4 members (excludes halogenated alkanes) is 9. The van der Waals surface area contributed by atoms with Gasteiger partial charge in [0.1, 0.15) is 8.78 Å². The molecule has 238 valence electrons. The average Bonchev–Trinajstić information content (AvgIpc) is 3.54. The Morgan fingerprint density at radius 2 is 1.48 bits per heavy atom. The Labute approximate surface area is 275 Å². The molecule has 1 heterocycles. The Balaban J connectivity index is 1.22. The number of benzene rings is 2.